The van der Waals surface area contributed by atoms with E-state index in [-0.39, 0.29) is 21.2 Å². The third kappa shape index (κ3) is 4.83. The predicted octanol–water partition coefficient (Wildman–Crippen LogP) is 5.42. The molecule has 174 valence electrons. The number of hydrogen-bond acceptors (Lipinski definition) is 4. The van der Waals surface area contributed by atoms with Gasteiger partial charge < -0.3 is 9.73 Å². The highest BCUT2D eigenvalue weighted by atomic mass is 35.5. The fourth-order valence-corrected chi connectivity index (χ4v) is 4.84. The van der Waals surface area contributed by atoms with E-state index in [4.69, 9.17) is 16.0 Å². The molecular weight excluding hydrogens is 479 g/mol. The summed E-state index contributed by atoms with van der Waals surface area (Å²) in [6.45, 7) is 0. The molecule has 4 aromatic rings. The largest absolute Gasteiger partial charge is 0.467 e. The lowest BCUT2D eigenvalue weighted by Crippen LogP contribution is -2.30. The monoisotopic (exact) mass is 498 g/mol. The molecule has 0 fully saturated rings. The minimum Gasteiger partial charge on any atom is -0.467 e. The van der Waals surface area contributed by atoms with Crippen LogP contribution in [-0.4, -0.2) is 21.4 Å². The Labute approximate surface area is 201 Å². The lowest BCUT2D eigenvalue weighted by molar-refractivity contribution is 0.0939. The fraction of sp³-hybridized carbons (Fsp3) is 0.0800. The summed E-state index contributed by atoms with van der Waals surface area (Å²) in [5.41, 5.74) is 1.04. The van der Waals surface area contributed by atoms with Crippen LogP contribution in [0.2, 0.25) is 5.02 Å². The second-order valence-corrected chi connectivity index (χ2v) is 9.80. The molecule has 0 bridgehead atoms. The summed E-state index contributed by atoms with van der Waals surface area (Å²) in [7, 11) is -2.70. The Balaban J connectivity index is 1.66. The van der Waals surface area contributed by atoms with Crippen LogP contribution in [0.1, 0.15) is 27.7 Å². The first-order chi connectivity index (χ1) is 16.3. The number of nitrogens with one attached hydrogen (secondary N) is 1. The Bertz CT molecular complexity index is 1390. The topological polar surface area (TPSA) is 79.6 Å². The zero-order valence-electron chi connectivity index (χ0n) is 18.0. The van der Waals surface area contributed by atoms with Crippen LogP contribution in [0.4, 0.5) is 10.1 Å². The van der Waals surface area contributed by atoms with Crippen LogP contribution >= 0.6 is 11.6 Å². The summed E-state index contributed by atoms with van der Waals surface area (Å²) in [6.07, 6.45) is 1.50. The molecule has 0 radical (unpaired) electrons. The Morgan fingerprint density at radius 2 is 1.71 bits per heavy atom. The average Bonchev–Trinajstić information content (AvgIpc) is 3.38. The van der Waals surface area contributed by atoms with Gasteiger partial charge >= 0.3 is 0 Å². The number of anilines is 1. The first-order valence-corrected chi connectivity index (χ1v) is 12.0. The molecular formula is C25H20ClFN2O4S. The molecule has 1 atom stereocenters. The highest BCUT2D eigenvalue weighted by molar-refractivity contribution is 7.92. The van der Waals surface area contributed by atoms with Crippen molar-refractivity contribution in [1.29, 1.82) is 0 Å². The second kappa shape index (κ2) is 9.70. The van der Waals surface area contributed by atoms with Gasteiger partial charge in [-0.1, -0.05) is 41.9 Å². The van der Waals surface area contributed by atoms with Crippen molar-refractivity contribution in [2.45, 2.75) is 10.9 Å². The van der Waals surface area contributed by atoms with Gasteiger partial charge in [0.25, 0.3) is 15.9 Å². The van der Waals surface area contributed by atoms with E-state index in [1.165, 1.54) is 55.8 Å². The van der Waals surface area contributed by atoms with Crippen molar-refractivity contribution in [3.63, 3.8) is 0 Å². The summed E-state index contributed by atoms with van der Waals surface area (Å²) < 4.78 is 46.1. The second-order valence-electron chi connectivity index (χ2n) is 7.42. The van der Waals surface area contributed by atoms with Crippen LogP contribution in [0.15, 0.2) is 101 Å². The number of sulfonamides is 1. The van der Waals surface area contributed by atoms with Gasteiger partial charge in [0.15, 0.2) is 0 Å². The Hall–Kier alpha value is -3.62. The van der Waals surface area contributed by atoms with Crippen LogP contribution in [0.5, 0.6) is 0 Å². The van der Waals surface area contributed by atoms with Crippen LogP contribution in [0.3, 0.4) is 0 Å². The lowest BCUT2D eigenvalue weighted by Gasteiger charge is -2.21. The van der Waals surface area contributed by atoms with Crippen molar-refractivity contribution >= 4 is 33.2 Å². The van der Waals surface area contributed by atoms with Crippen molar-refractivity contribution in [3.8, 4) is 0 Å². The number of rotatable bonds is 7. The number of carbonyl (C=O) groups is 1. The summed E-state index contributed by atoms with van der Waals surface area (Å²) in [5, 5.41) is 2.96. The van der Waals surface area contributed by atoms with E-state index in [0.717, 1.165) is 9.87 Å². The Kier molecular flexibility index (Phi) is 6.72. The van der Waals surface area contributed by atoms with Gasteiger partial charge in [-0.15, -0.1) is 0 Å². The number of halogens is 2. The number of carbonyl (C=O) groups excluding carboxylic acids is 1. The molecule has 9 heteroatoms. The summed E-state index contributed by atoms with van der Waals surface area (Å²) in [4.78, 5) is 13.1. The molecule has 0 aliphatic rings. The number of benzene rings is 3. The molecule has 0 aliphatic carbocycles. The highest BCUT2D eigenvalue weighted by Gasteiger charge is 2.26. The Morgan fingerprint density at radius 3 is 2.35 bits per heavy atom. The Morgan fingerprint density at radius 1 is 1.00 bits per heavy atom. The zero-order chi connectivity index (χ0) is 24.3. The number of nitrogens with zero attached hydrogens (tertiary/aromatic N) is 1. The smallest absolute Gasteiger partial charge is 0.264 e. The maximum absolute atomic E-state index is 13.3. The van der Waals surface area contributed by atoms with E-state index < -0.39 is 27.8 Å². The van der Waals surface area contributed by atoms with E-state index >= 15 is 0 Å². The van der Waals surface area contributed by atoms with Crippen molar-refractivity contribution in [2.75, 3.05) is 11.4 Å². The maximum atomic E-state index is 13.3. The van der Waals surface area contributed by atoms with Crippen LogP contribution in [0, 0.1) is 5.82 Å². The molecule has 6 nitrogen and oxygen atoms in total. The normalized spacial score (nSPS) is 12.2. The molecule has 1 amide bonds. The molecule has 1 N–H and O–H groups in total. The average molecular weight is 499 g/mol. The SMILES string of the molecule is CN(c1ccc(F)cc1)S(=O)(=O)c1ccc(Cl)c(C(=O)NC(c2ccccc2)c2ccco2)c1. The van der Waals surface area contributed by atoms with Gasteiger partial charge in [-0.2, -0.15) is 0 Å². The van der Waals surface area contributed by atoms with E-state index in [0.29, 0.717) is 5.76 Å². The summed E-state index contributed by atoms with van der Waals surface area (Å²) in [5.74, 6) is -0.545. The standard InChI is InChI=1S/C25H20ClFN2O4S/c1-29(19-11-9-18(27)10-12-19)34(31,32)20-13-14-22(26)21(16-20)25(30)28-24(23-8-5-15-33-23)17-6-3-2-4-7-17/h2-16,24H,1H3,(H,28,30). The van der Waals surface area contributed by atoms with Gasteiger partial charge in [-0.3, -0.25) is 9.10 Å². The van der Waals surface area contributed by atoms with E-state index in [2.05, 4.69) is 5.32 Å². The van der Waals surface area contributed by atoms with Crippen LogP contribution in [-0.2, 0) is 10.0 Å². The molecule has 1 unspecified atom stereocenters. The van der Waals surface area contributed by atoms with Crippen molar-refractivity contribution in [3.05, 3.63) is 119 Å². The highest BCUT2D eigenvalue weighted by Crippen LogP contribution is 2.28. The van der Waals surface area contributed by atoms with Gasteiger partial charge in [0.05, 0.1) is 27.4 Å². The molecule has 0 spiro atoms. The van der Waals surface area contributed by atoms with Crippen LogP contribution < -0.4 is 9.62 Å². The first-order valence-electron chi connectivity index (χ1n) is 10.2. The molecule has 0 aliphatic heterocycles. The summed E-state index contributed by atoms with van der Waals surface area (Å²) in [6, 6.07) is 21.0. The van der Waals surface area contributed by atoms with Crippen LogP contribution in [0.25, 0.3) is 0 Å². The van der Waals surface area contributed by atoms with Gasteiger partial charge in [-0.25, -0.2) is 12.8 Å². The molecule has 34 heavy (non-hydrogen) atoms. The maximum Gasteiger partial charge on any atom is 0.264 e. The summed E-state index contributed by atoms with van der Waals surface area (Å²) >= 11 is 6.28. The van der Waals surface area contributed by atoms with Crippen molar-refractivity contribution in [2.24, 2.45) is 0 Å². The molecule has 4 rings (SSSR count). The van der Waals surface area contributed by atoms with Crippen molar-refractivity contribution < 1.29 is 22.0 Å². The fourth-order valence-electron chi connectivity index (χ4n) is 3.42. The number of amides is 1. The molecule has 3 aromatic carbocycles. The molecule has 0 saturated heterocycles. The molecule has 1 heterocycles. The number of hydrogen-bond donors (Lipinski definition) is 1. The van der Waals surface area contributed by atoms with Gasteiger partial charge in [0, 0.05) is 7.05 Å². The minimum atomic E-state index is -4.05. The first kappa shape index (κ1) is 23.5. The van der Waals surface area contributed by atoms with E-state index in [1.54, 1.807) is 12.1 Å². The predicted molar refractivity (Wildman–Crippen MR) is 128 cm³/mol. The van der Waals surface area contributed by atoms with Crippen molar-refractivity contribution in [1.82, 2.24) is 5.32 Å². The van der Waals surface area contributed by atoms with Gasteiger partial charge in [-0.05, 0) is 60.2 Å². The van der Waals surface area contributed by atoms with Gasteiger partial charge in [0.1, 0.15) is 17.6 Å². The number of furan rings is 1. The quantitative estimate of drug-likeness (QED) is 0.369. The van der Waals surface area contributed by atoms with Gasteiger partial charge in [0.2, 0.25) is 0 Å². The third-order valence-electron chi connectivity index (χ3n) is 5.27. The zero-order valence-corrected chi connectivity index (χ0v) is 19.6. The molecule has 0 saturated carbocycles. The van der Waals surface area contributed by atoms with E-state index in [1.807, 2.05) is 30.3 Å². The third-order valence-corrected chi connectivity index (χ3v) is 7.38. The van der Waals surface area contributed by atoms with E-state index in [9.17, 15) is 17.6 Å². The molecule has 1 aromatic heterocycles. The minimum absolute atomic E-state index is 0.0114. The lowest BCUT2D eigenvalue weighted by atomic mass is 10.0.